The Balaban J connectivity index is 1.82. The maximum Gasteiger partial charge on any atom is 0.274 e. The van der Waals surface area contributed by atoms with Crippen LogP contribution in [0.5, 0.6) is 0 Å². The third kappa shape index (κ3) is 2.64. The smallest absolute Gasteiger partial charge is 0.274 e. The molecule has 2 rings (SSSR count). The van der Waals surface area contributed by atoms with Crippen LogP contribution in [0.15, 0.2) is 18.6 Å². The molecule has 0 aromatic carbocycles. The average Bonchev–Trinajstić information content (AvgIpc) is 2.35. The fourth-order valence-corrected chi connectivity index (χ4v) is 1.77. The second-order valence-electron chi connectivity index (χ2n) is 4.29. The number of likely N-dealkylation sites (tertiary alicyclic amines) is 1. The van der Waals surface area contributed by atoms with Gasteiger partial charge in [-0.1, -0.05) is 6.92 Å². The summed E-state index contributed by atoms with van der Waals surface area (Å²) >= 11 is 0. The average molecular weight is 248 g/mol. The molecule has 0 spiro atoms. The summed E-state index contributed by atoms with van der Waals surface area (Å²) in [4.78, 5) is 32.9. The Bertz CT molecular complexity index is 429. The van der Waals surface area contributed by atoms with Crippen LogP contribution >= 0.6 is 0 Å². The molecule has 1 fully saturated rings. The van der Waals surface area contributed by atoms with Gasteiger partial charge >= 0.3 is 0 Å². The number of nitrogens with one attached hydrogen (secondary N) is 1. The van der Waals surface area contributed by atoms with Gasteiger partial charge in [0.1, 0.15) is 5.69 Å². The van der Waals surface area contributed by atoms with Gasteiger partial charge < -0.3 is 10.2 Å². The minimum Gasteiger partial charge on any atom is -0.356 e. The highest BCUT2D eigenvalue weighted by Crippen LogP contribution is 2.17. The summed E-state index contributed by atoms with van der Waals surface area (Å²) < 4.78 is 0. The molecule has 0 bridgehead atoms. The van der Waals surface area contributed by atoms with Crippen LogP contribution in [0.2, 0.25) is 0 Å². The van der Waals surface area contributed by atoms with Crippen LogP contribution in [0.4, 0.5) is 0 Å². The van der Waals surface area contributed by atoms with E-state index in [1.165, 1.54) is 18.6 Å². The van der Waals surface area contributed by atoms with Gasteiger partial charge in [-0.05, 0) is 6.42 Å². The molecule has 0 radical (unpaired) electrons. The van der Waals surface area contributed by atoms with Gasteiger partial charge in [0, 0.05) is 32.0 Å². The van der Waals surface area contributed by atoms with Crippen molar-refractivity contribution in [2.24, 2.45) is 5.92 Å². The summed E-state index contributed by atoms with van der Waals surface area (Å²) in [6, 6.07) is 0. The van der Waals surface area contributed by atoms with Crippen molar-refractivity contribution in [2.45, 2.75) is 13.3 Å². The topological polar surface area (TPSA) is 75.2 Å². The maximum absolute atomic E-state index is 11.9. The Labute approximate surface area is 105 Å². The van der Waals surface area contributed by atoms with E-state index in [0.29, 0.717) is 25.3 Å². The monoisotopic (exact) mass is 248 g/mol. The van der Waals surface area contributed by atoms with Crippen molar-refractivity contribution >= 4 is 11.8 Å². The number of carbonyl (C=O) groups excluding carboxylic acids is 2. The number of aromatic nitrogens is 2. The minimum absolute atomic E-state index is 0.0278. The highest BCUT2D eigenvalue weighted by molar-refractivity contribution is 5.94. The predicted octanol–water partition coefficient (Wildman–Crippen LogP) is 0.0748. The molecule has 18 heavy (non-hydrogen) atoms. The maximum atomic E-state index is 11.9. The van der Waals surface area contributed by atoms with Crippen LogP contribution in [0.25, 0.3) is 0 Å². The first kappa shape index (κ1) is 12.5. The molecule has 0 unspecified atom stereocenters. The standard InChI is InChI=1S/C12H16N4O2/c1-2-3-15-11(17)9-7-16(8-9)12(18)10-6-13-4-5-14-10/h4-6,9H,2-3,7-8H2,1H3,(H,15,17). The van der Waals surface area contributed by atoms with Gasteiger partial charge in [-0.2, -0.15) is 0 Å². The first-order chi connectivity index (χ1) is 8.72. The van der Waals surface area contributed by atoms with Gasteiger partial charge in [0.2, 0.25) is 5.91 Å². The number of nitrogens with zero attached hydrogens (tertiary/aromatic N) is 3. The molecule has 6 nitrogen and oxygen atoms in total. The number of amides is 2. The van der Waals surface area contributed by atoms with E-state index in [2.05, 4.69) is 15.3 Å². The lowest BCUT2D eigenvalue weighted by Crippen LogP contribution is -2.55. The number of hydrogen-bond acceptors (Lipinski definition) is 4. The quantitative estimate of drug-likeness (QED) is 0.818. The SMILES string of the molecule is CCCNC(=O)C1CN(C(=O)c2cnccn2)C1. The van der Waals surface area contributed by atoms with E-state index in [-0.39, 0.29) is 17.7 Å². The van der Waals surface area contributed by atoms with Crippen LogP contribution in [-0.4, -0.2) is 46.3 Å². The summed E-state index contributed by atoms with van der Waals surface area (Å²) in [5.41, 5.74) is 0.324. The zero-order chi connectivity index (χ0) is 13.0. The highest BCUT2D eigenvalue weighted by atomic mass is 16.2. The Hall–Kier alpha value is -1.98. The van der Waals surface area contributed by atoms with E-state index in [4.69, 9.17) is 0 Å². The van der Waals surface area contributed by atoms with E-state index < -0.39 is 0 Å². The Kier molecular flexibility index (Phi) is 3.86. The zero-order valence-electron chi connectivity index (χ0n) is 10.3. The molecule has 1 aliphatic rings. The van der Waals surface area contributed by atoms with Crippen LogP contribution in [0, 0.1) is 5.92 Å². The highest BCUT2D eigenvalue weighted by Gasteiger charge is 2.36. The summed E-state index contributed by atoms with van der Waals surface area (Å²) in [5.74, 6) is -0.222. The van der Waals surface area contributed by atoms with E-state index in [1.54, 1.807) is 4.90 Å². The Morgan fingerprint density at radius 1 is 1.44 bits per heavy atom. The summed E-state index contributed by atoms with van der Waals surface area (Å²) in [6.45, 7) is 3.62. The number of carbonyl (C=O) groups is 2. The van der Waals surface area contributed by atoms with E-state index in [9.17, 15) is 9.59 Å². The summed E-state index contributed by atoms with van der Waals surface area (Å²) in [6.07, 6.45) is 5.36. The Morgan fingerprint density at radius 3 is 2.83 bits per heavy atom. The van der Waals surface area contributed by atoms with Crippen LogP contribution in [-0.2, 0) is 4.79 Å². The molecule has 0 saturated carbocycles. The first-order valence-corrected chi connectivity index (χ1v) is 6.05. The fourth-order valence-electron chi connectivity index (χ4n) is 1.77. The van der Waals surface area contributed by atoms with E-state index in [1.807, 2.05) is 6.92 Å². The molecule has 2 heterocycles. The molecular weight excluding hydrogens is 232 g/mol. The lowest BCUT2D eigenvalue weighted by Gasteiger charge is -2.37. The molecule has 6 heteroatoms. The van der Waals surface area contributed by atoms with Gasteiger partial charge in [-0.25, -0.2) is 4.98 Å². The van der Waals surface area contributed by atoms with Gasteiger partial charge in [-0.3, -0.25) is 14.6 Å². The molecule has 0 atom stereocenters. The van der Waals surface area contributed by atoms with Crippen molar-refractivity contribution in [3.8, 4) is 0 Å². The van der Waals surface area contributed by atoms with E-state index in [0.717, 1.165) is 6.42 Å². The van der Waals surface area contributed by atoms with Crippen molar-refractivity contribution in [3.63, 3.8) is 0 Å². The molecule has 1 aliphatic heterocycles. The molecule has 1 aromatic rings. The Morgan fingerprint density at radius 2 is 2.22 bits per heavy atom. The second kappa shape index (κ2) is 5.57. The van der Waals surface area contributed by atoms with Crippen molar-refractivity contribution < 1.29 is 9.59 Å². The van der Waals surface area contributed by atoms with Gasteiger partial charge in [-0.15, -0.1) is 0 Å². The molecule has 1 N–H and O–H groups in total. The van der Waals surface area contributed by atoms with Gasteiger partial charge in [0.05, 0.1) is 12.1 Å². The molecule has 0 aliphatic carbocycles. The summed E-state index contributed by atoms with van der Waals surface area (Å²) in [7, 11) is 0. The summed E-state index contributed by atoms with van der Waals surface area (Å²) in [5, 5.41) is 2.83. The predicted molar refractivity (Wildman–Crippen MR) is 64.7 cm³/mol. The van der Waals surface area contributed by atoms with Crippen molar-refractivity contribution in [1.29, 1.82) is 0 Å². The fraction of sp³-hybridized carbons (Fsp3) is 0.500. The minimum atomic E-state index is -0.164. The third-order valence-electron chi connectivity index (χ3n) is 2.87. The van der Waals surface area contributed by atoms with Crippen LogP contribution < -0.4 is 5.32 Å². The van der Waals surface area contributed by atoms with Gasteiger partial charge in [0.25, 0.3) is 5.91 Å². The molecule has 96 valence electrons. The molecule has 2 amide bonds. The normalized spacial score (nSPS) is 15.1. The molecule has 1 saturated heterocycles. The van der Waals surface area contributed by atoms with Crippen molar-refractivity contribution in [3.05, 3.63) is 24.3 Å². The van der Waals surface area contributed by atoms with Crippen LogP contribution in [0.1, 0.15) is 23.8 Å². The first-order valence-electron chi connectivity index (χ1n) is 6.05. The van der Waals surface area contributed by atoms with Crippen LogP contribution in [0.3, 0.4) is 0 Å². The van der Waals surface area contributed by atoms with Crippen molar-refractivity contribution in [1.82, 2.24) is 20.2 Å². The third-order valence-corrected chi connectivity index (χ3v) is 2.87. The van der Waals surface area contributed by atoms with Crippen molar-refractivity contribution in [2.75, 3.05) is 19.6 Å². The molecule has 1 aromatic heterocycles. The second-order valence-corrected chi connectivity index (χ2v) is 4.29. The van der Waals surface area contributed by atoms with E-state index >= 15 is 0 Å². The largest absolute Gasteiger partial charge is 0.356 e. The number of rotatable bonds is 4. The van der Waals surface area contributed by atoms with Gasteiger partial charge in [0.15, 0.2) is 0 Å². The zero-order valence-corrected chi connectivity index (χ0v) is 10.3. The molecular formula is C12H16N4O2. The lowest BCUT2D eigenvalue weighted by molar-refractivity contribution is -0.128. The lowest BCUT2D eigenvalue weighted by atomic mass is 9.98. The number of hydrogen-bond donors (Lipinski definition) is 1.